The number of aliphatic imine (C=N–C) groups is 1. The summed E-state index contributed by atoms with van der Waals surface area (Å²) >= 11 is 1.47. The van der Waals surface area contributed by atoms with Crippen LogP contribution in [0.4, 0.5) is 0 Å². The van der Waals surface area contributed by atoms with E-state index in [1.54, 1.807) is 58.0 Å². The predicted molar refractivity (Wildman–Crippen MR) is 367 cm³/mol. The average Bonchev–Trinajstić information content (AvgIpc) is 1.84. The normalized spacial score (nSPS) is 23.3. The van der Waals surface area contributed by atoms with E-state index in [9.17, 15) is 77.3 Å². The van der Waals surface area contributed by atoms with Gasteiger partial charge in [-0.05, 0) is 87.1 Å². The van der Waals surface area contributed by atoms with Gasteiger partial charge in [0.15, 0.2) is 5.78 Å². The summed E-state index contributed by atoms with van der Waals surface area (Å²) < 4.78 is 0. The van der Waals surface area contributed by atoms with E-state index in [4.69, 9.17) is 11.5 Å². The van der Waals surface area contributed by atoms with Crippen molar-refractivity contribution in [3.8, 4) is 0 Å². The van der Waals surface area contributed by atoms with Gasteiger partial charge in [0.25, 0.3) is 0 Å². The summed E-state index contributed by atoms with van der Waals surface area (Å²) in [7, 11) is 0. The summed E-state index contributed by atoms with van der Waals surface area (Å²) in [6, 6.07) is -6.11. The smallest absolute Gasteiger partial charge is 0.305 e. The number of primary amides is 1. The maximum Gasteiger partial charge on any atom is 0.305 e. The molecule has 2 aliphatic heterocycles. The third-order valence-electron chi connectivity index (χ3n) is 17.9. The number of carbonyl (C=O) groups is 14. The van der Waals surface area contributed by atoms with Crippen molar-refractivity contribution in [1.29, 1.82) is 0 Å². The molecule has 3 heterocycles. The van der Waals surface area contributed by atoms with Crippen LogP contribution in [0.5, 0.6) is 0 Å². The maximum absolute atomic E-state index is 14.9. The Kier molecular flexibility index (Phi) is 34.7. The first-order valence-corrected chi connectivity index (χ1v) is 35.1. The van der Waals surface area contributed by atoms with E-state index < -0.39 is 193 Å². The lowest BCUT2D eigenvalue weighted by atomic mass is 9.86. The van der Waals surface area contributed by atoms with Crippen molar-refractivity contribution in [2.45, 2.75) is 219 Å². The Morgan fingerprint density at radius 2 is 1.34 bits per heavy atom. The molecule has 2 aliphatic rings. The minimum absolute atomic E-state index is 0.0128. The van der Waals surface area contributed by atoms with E-state index in [0.717, 1.165) is 11.5 Å². The zero-order valence-corrected chi connectivity index (χ0v) is 58.9. The number of H-pyrrole nitrogens is 1. The lowest BCUT2D eigenvalue weighted by Crippen LogP contribution is -2.61. The number of imidazole rings is 1. The number of hydrogen-bond acceptors (Lipinski definition) is 18. The lowest BCUT2D eigenvalue weighted by Gasteiger charge is -2.30. The number of aliphatic carboxylic acids is 2. The third kappa shape index (κ3) is 27.1. The molecule has 31 nitrogen and oxygen atoms in total. The Balaban J connectivity index is 1.77. The molecule has 32 heteroatoms. The van der Waals surface area contributed by atoms with E-state index in [0.29, 0.717) is 23.7 Å². The Morgan fingerprint density at radius 3 is 1.95 bits per heavy atom. The molecule has 548 valence electrons. The minimum Gasteiger partial charge on any atom is -0.481 e. The SMILES string of the molecule is CC[C@H](C)C(NC(=O)[C@@H](CCC(=O)O)NC(=O)[C@H](CC(C)C)NC(=O)[C@@H]1CSC([C@@H](C)[C@@H](C)CC)=N1)C(=O)NC1CCCCNC(=O)[C@H](CC(N)=O)NC(=O)[C@@H](CC(=O)O)NC(=O)[C@H](c2cnc[nH]2)NC(=O)[C@@H](Cc2ccccc2)CC(=O)[C@H]([C@@H](C)CC)NC(=O)[C@@H](CCCN)NC1=O. The molecule has 1 saturated heterocycles. The van der Waals surface area contributed by atoms with Gasteiger partial charge in [0.05, 0.1) is 42.1 Å². The Morgan fingerprint density at radius 1 is 0.697 bits per heavy atom. The molecule has 4 rings (SSSR count). The summed E-state index contributed by atoms with van der Waals surface area (Å²) in [5, 5.41) is 46.7. The number of ketones is 1. The molecule has 1 aromatic heterocycles. The van der Waals surface area contributed by atoms with Gasteiger partial charge in [-0.15, -0.1) is 11.8 Å². The Bertz CT molecular complexity index is 3140. The first-order chi connectivity index (χ1) is 46.9. The first kappa shape index (κ1) is 82.6. The average molecular weight is 1410 g/mol. The number of rotatable bonds is 30. The number of carbonyl (C=O) groups excluding carboxylic acids is 12. The lowest BCUT2D eigenvalue weighted by molar-refractivity contribution is -0.142. The number of carboxylic acids is 2. The second-order valence-corrected chi connectivity index (χ2v) is 27.2. The largest absolute Gasteiger partial charge is 0.481 e. The number of hydrogen-bond donors (Lipinski definition) is 15. The van der Waals surface area contributed by atoms with Crippen molar-refractivity contribution in [2.24, 2.45) is 52.0 Å². The van der Waals surface area contributed by atoms with Gasteiger partial charge in [-0.1, -0.05) is 112 Å². The zero-order valence-electron chi connectivity index (χ0n) is 58.1. The first-order valence-electron chi connectivity index (χ1n) is 34.1. The van der Waals surface area contributed by atoms with E-state index in [2.05, 4.69) is 82.0 Å². The highest BCUT2D eigenvalue weighted by atomic mass is 32.2. The van der Waals surface area contributed by atoms with E-state index in [1.165, 1.54) is 24.3 Å². The van der Waals surface area contributed by atoms with Gasteiger partial charge in [-0.25, -0.2) is 4.98 Å². The predicted octanol–water partition coefficient (Wildman–Crippen LogP) is 0.852. The van der Waals surface area contributed by atoms with Crippen LogP contribution < -0.4 is 64.6 Å². The molecule has 17 N–H and O–H groups in total. The number of aromatic amines is 1. The molecule has 2 aromatic rings. The molecule has 0 aliphatic carbocycles. The molecular formula is C67H103N15O16S. The van der Waals surface area contributed by atoms with E-state index >= 15 is 0 Å². The van der Waals surface area contributed by atoms with Crippen LogP contribution in [0.15, 0.2) is 47.8 Å². The molecule has 15 atom stereocenters. The summed E-state index contributed by atoms with van der Waals surface area (Å²) in [5.41, 5.74) is 12.0. The van der Waals surface area contributed by atoms with Crippen molar-refractivity contribution in [3.05, 3.63) is 54.1 Å². The number of nitrogens with zero attached hydrogens (tertiary/aromatic N) is 2. The number of carboxylic acid groups (broad SMARTS) is 2. The van der Waals surface area contributed by atoms with Crippen LogP contribution in [-0.4, -0.2) is 181 Å². The summed E-state index contributed by atoms with van der Waals surface area (Å²) in [6.45, 7) is 16.5. The van der Waals surface area contributed by atoms with Gasteiger partial charge in [0.2, 0.25) is 65.0 Å². The molecule has 2 unspecified atom stereocenters. The van der Waals surface area contributed by atoms with Crippen LogP contribution in [-0.2, 0) is 73.5 Å². The molecule has 0 bridgehead atoms. The molecule has 0 radical (unpaired) electrons. The fraction of sp³-hybridized carbons (Fsp3) is 0.642. The maximum atomic E-state index is 14.9. The van der Waals surface area contributed by atoms with Crippen molar-refractivity contribution >= 4 is 99.5 Å². The number of benzene rings is 1. The highest BCUT2D eigenvalue weighted by Gasteiger charge is 2.40. The van der Waals surface area contributed by atoms with Gasteiger partial charge >= 0.3 is 11.9 Å². The molecule has 99 heavy (non-hydrogen) atoms. The number of nitrogens with two attached hydrogens (primary N) is 2. The Hall–Kier alpha value is -8.81. The standard InChI is InChI=1S/C67H103N15O16S/c1-10-36(6)39(9)67-79-49(33-99-67)64(96)76-45(27-35(4)5)62(94)74-44(23-24-52(85)86)61(93)81-55(38(8)12-3)65(97)75-42-21-16-17-26-71-58(90)46(30-51(69)84)77-63(95)47(31-53(87)88)78-66(98)56(48-32-70-34-72-48)82-57(89)41(28-40-19-14-13-15-20-40)29-50(83)54(37(7)11-2)80-60(92)43(22-18-25-68)73-59(42)91/h13-15,19-20,32,34-39,41-47,49,54-56H,10-12,16-18,21-31,33,68H2,1-9H3,(H2,69,84)(H,70,72)(H,71,90)(H,73,91)(H,74,94)(H,75,97)(H,76,96)(H,77,95)(H,78,98)(H,80,92)(H,81,93)(H,82,89)(H,85,86)(H,87,88)/t36-,37-,38-,39-,41-,42?,43+,44+,45-,46-,47+,49-,54-,55?,56-/m0/s1. The van der Waals surface area contributed by atoms with Crippen molar-refractivity contribution in [1.82, 2.24) is 63.1 Å². The summed E-state index contributed by atoms with van der Waals surface area (Å²) in [4.78, 5) is 207. The quantitative estimate of drug-likeness (QED) is 0.0515. The number of thioether (sulfide) groups is 1. The van der Waals surface area contributed by atoms with Gasteiger partial charge in [0, 0.05) is 37.0 Å². The van der Waals surface area contributed by atoms with Crippen LogP contribution in [0.1, 0.15) is 170 Å². The minimum atomic E-state index is -1.95. The Labute approximate surface area is 581 Å². The van der Waals surface area contributed by atoms with Crippen LogP contribution in [0.2, 0.25) is 0 Å². The monoisotopic (exact) mass is 1410 g/mol. The summed E-state index contributed by atoms with van der Waals surface area (Å²) in [5.74, 6) is -15.7. The number of amides is 11. The van der Waals surface area contributed by atoms with Crippen LogP contribution in [0, 0.1) is 35.5 Å². The molecule has 11 amide bonds. The topological polar surface area (TPSA) is 493 Å². The van der Waals surface area contributed by atoms with Crippen molar-refractivity contribution in [2.75, 3.05) is 18.8 Å². The zero-order chi connectivity index (χ0) is 73.6. The van der Waals surface area contributed by atoms with E-state index in [1.807, 2.05) is 20.8 Å². The van der Waals surface area contributed by atoms with Crippen LogP contribution in [0.3, 0.4) is 0 Å². The highest BCUT2D eigenvalue weighted by molar-refractivity contribution is 8.14. The second kappa shape index (κ2) is 41.6. The van der Waals surface area contributed by atoms with Crippen LogP contribution >= 0.6 is 11.8 Å². The number of aromatic nitrogens is 2. The molecule has 0 saturated carbocycles. The fourth-order valence-electron chi connectivity index (χ4n) is 11.2. The molecule has 0 spiro atoms. The number of nitrogens with one attached hydrogen (secondary N) is 11. The summed E-state index contributed by atoms with van der Waals surface area (Å²) in [6.07, 6.45) is 0.310. The van der Waals surface area contributed by atoms with E-state index in [-0.39, 0.29) is 82.0 Å². The molecule has 1 aromatic carbocycles. The highest BCUT2D eigenvalue weighted by Crippen LogP contribution is 2.29. The second-order valence-electron chi connectivity index (χ2n) is 26.1. The van der Waals surface area contributed by atoms with Gasteiger partial charge in [-0.3, -0.25) is 72.1 Å². The van der Waals surface area contributed by atoms with Crippen molar-refractivity contribution < 1.29 is 77.3 Å². The van der Waals surface area contributed by atoms with Crippen LogP contribution in [0.25, 0.3) is 0 Å². The number of Topliss-reactive ketones (excluding diaryl/α,β-unsaturated/α-hetero) is 1. The molecule has 1 fully saturated rings. The van der Waals surface area contributed by atoms with Gasteiger partial charge in [-0.2, -0.15) is 0 Å². The van der Waals surface area contributed by atoms with Crippen molar-refractivity contribution in [3.63, 3.8) is 0 Å². The molecular weight excluding hydrogens is 1300 g/mol. The fourth-order valence-corrected chi connectivity index (χ4v) is 12.4. The van der Waals surface area contributed by atoms with Gasteiger partial charge in [0.1, 0.15) is 54.4 Å². The third-order valence-corrected chi connectivity index (χ3v) is 19.1. The van der Waals surface area contributed by atoms with Gasteiger partial charge < -0.3 is 79.8 Å².